The van der Waals surface area contributed by atoms with Gasteiger partial charge in [-0.3, -0.25) is 4.99 Å². The first-order valence-corrected chi connectivity index (χ1v) is 5.63. The Bertz CT molecular complexity index is 420. The van der Waals surface area contributed by atoms with Gasteiger partial charge in [0.15, 0.2) is 5.96 Å². The van der Waals surface area contributed by atoms with Crippen LogP contribution in [0.15, 0.2) is 23.2 Å². The second-order valence-corrected chi connectivity index (χ2v) is 3.86. The van der Waals surface area contributed by atoms with Crippen molar-refractivity contribution in [1.82, 2.24) is 10.6 Å². The van der Waals surface area contributed by atoms with Gasteiger partial charge in [-0.2, -0.15) is 0 Å². The molecular weight excluding hydrogens is 221 g/mol. The molecule has 17 heavy (non-hydrogen) atoms. The molecule has 0 radical (unpaired) electrons. The van der Waals surface area contributed by atoms with E-state index >= 15 is 0 Å². The van der Waals surface area contributed by atoms with Gasteiger partial charge in [0.05, 0.1) is 7.11 Å². The number of methoxy groups -OCH3 is 1. The molecule has 1 aromatic rings. The fraction of sp³-hybridized carbons (Fsp3) is 0.417. The molecule has 1 aromatic carbocycles. The van der Waals surface area contributed by atoms with Crippen LogP contribution in [-0.2, 0) is 6.54 Å². The van der Waals surface area contributed by atoms with Gasteiger partial charge < -0.3 is 15.4 Å². The van der Waals surface area contributed by atoms with Gasteiger partial charge in [-0.15, -0.1) is 0 Å². The first-order chi connectivity index (χ1) is 8.28. The fourth-order valence-corrected chi connectivity index (χ4v) is 1.68. The van der Waals surface area contributed by atoms with Crippen molar-refractivity contribution < 1.29 is 9.13 Å². The lowest BCUT2D eigenvalue weighted by Gasteiger charge is -2.16. The normalized spacial score (nSPS) is 14.8. The van der Waals surface area contributed by atoms with Crippen molar-refractivity contribution in [1.29, 1.82) is 0 Å². The van der Waals surface area contributed by atoms with Crippen LogP contribution in [0, 0.1) is 5.82 Å². The third-order valence-corrected chi connectivity index (χ3v) is 2.52. The zero-order valence-electron chi connectivity index (χ0n) is 9.79. The van der Waals surface area contributed by atoms with Crippen LogP contribution < -0.4 is 15.4 Å². The molecule has 2 rings (SSSR count). The van der Waals surface area contributed by atoms with E-state index in [9.17, 15) is 4.39 Å². The number of hydrogen-bond donors (Lipinski definition) is 2. The first kappa shape index (κ1) is 11.7. The van der Waals surface area contributed by atoms with Crippen LogP contribution >= 0.6 is 0 Å². The molecule has 1 heterocycles. The van der Waals surface area contributed by atoms with Crippen LogP contribution in [0.2, 0.25) is 0 Å². The fourth-order valence-electron chi connectivity index (χ4n) is 1.68. The maximum absolute atomic E-state index is 13.2. The number of benzene rings is 1. The maximum Gasteiger partial charge on any atom is 0.191 e. The molecule has 0 aromatic heterocycles. The highest BCUT2D eigenvalue weighted by atomic mass is 19.1. The summed E-state index contributed by atoms with van der Waals surface area (Å²) >= 11 is 0. The maximum atomic E-state index is 13.2. The molecule has 0 saturated heterocycles. The van der Waals surface area contributed by atoms with Crippen molar-refractivity contribution >= 4 is 5.96 Å². The quantitative estimate of drug-likeness (QED) is 0.832. The molecule has 0 aliphatic carbocycles. The van der Waals surface area contributed by atoms with Crippen molar-refractivity contribution in [3.63, 3.8) is 0 Å². The highest BCUT2D eigenvalue weighted by Crippen LogP contribution is 2.15. The van der Waals surface area contributed by atoms with Crippen molar-refractivity contribution in [2.24, 2.45) is 4.99 Å². The molecule has 1 aliphatic heterocycles. The van der Waals surface area contributed by atoms with Crippen molar-refractivity contribution in [2.75, 3.05) is 20.2 Å². The largest absolute Gasteiger partial charge is 0.497 e. The van der Waals surface area contributed by atoms with E-state index in [0.29, 0.717) is 12.3 Å². The lowest BCUT2D eigenvalue weighted by atomic mass is 10.2. The number of nitrogens with one attached hydrogen (secondary N) is 2. The molecule has 2 N–H and O–H groups in total. The lowest BCUT2D eigenvalue weighted by molar-refractivity contribution is 0.410. The van der Waals surface area contributed by atoms with Crippen LogP contribution in [-0.4, -0.2) is 26.2 Å². The van der Waals surface area contributed by atoms with Crippen LogP contribution in [0.3, 0.4) is 0 Å². The van der Waals surface area contributed by atoms with Gasteiger partial charge in [0.1, 0.15) is 11.6 Å². The van der Waals surface area contributed by atoms with E-state index in [-0.39, 0.29) is 5.82 Å². The Morgan fingerprint density at radius 2 is 2.35 bits per heavy atom. The van der Waals surface area contributed by atoms with E-state index in [1.165, 1.54) is 19.2 Å². The predicted octanol–water partition coefficient (Wildman–Crippen LogP) is 1.27. The minimum absolute atomic E-state index is 0.292. The van der Waals surface area contributed by atoms with Gasteiger partial charge in [-0.1, -0.05) is 0 Å². The van der Waals surface area contributed by atoms with E-state index in [0.717, 1.165) is 31.0 Å². The molecule has 0 atom stereocenters. The van der Waals surface area contributed by atoms with E-state index < -0.39 is 0 Å². The highest BCUT2D eigenvalue weighted by molar-refractivity contribution is 5.80. The average Bonchev–Trinajstić information content (AvgIpc) is 2.37. The van der Waals surface area contributed by atoms with Crippen molar-refractivity contribution in [3.05, 3.63) is 29.6 Å². The summed E-state index contributed by atoms with van der Waals surface area (Å²) < 4.78 is 18.2. The Kier molecular flexibility index (Phi) is 3.80. The van der Waals surface area contributed by atoms with Gasteiger partial charge in [0.25, 0.3) is 0 Å². The van der Waals surface area contributed by atoms with Crippen LogP contribution in [0.4, 0.5) is 4.39 Å². The Balaban J connectivity index is 1.98. The summed E-state index contributed by atoms with van der Waals surface area (Å²) in [5.74, 6) is 1.01. The second-order valence-electron chi connectivity index (χ2n) is 3.86. The average molecular weight is 237 g/mol. The number of nitrogens with zero attached hydrogens (tertiary/aromatic N) is 1. The van der Waals surface area contributed by atoms with Gasteiger partial charge >= 0.3 is 0 Å². The third-order valence-electron chi connectivity index (χ3n) is 2.52. The standard InChI is InChI=1S/C12H16FN3O/c1-17-11-6-9(5-10(13)7-11)8-16-12-14-3-2-4-15-12/h5-7H,2-4,8H2,1H3,(H2,14,15,16). The van der Waals surface area contributed by atoms with E-state index in [4.69, 9.17) is 4.74 Å². The lowest BCUT2D eigenvalue weighted by Crippen LogP contribution is -2.40. The zero-order chi connectivity index (χ0) is 12.1. The van der Waals surface area contributed by atoms with Gasteiger partial charge in [-0.25, -0.2) is 4.39 Å². The Hall–Kier alpha value is -1.78. The number of aliphatic imine (C=N–C) groups is 1. The summed E-state index contributed by atoms with van der Waals surface area (Å²) in [6, 6.07) is 4.65. The summed E-state index contributed by atoms with van der Waals surface area (Å²) in [6.45, 7) is 2.29. The number of guanidine groups is 1. The molecule has 5 heteroatoms. The number of hydrogen-bond acceptors (Lipinski definition) is 4. The third kappa shape index (κ3) is 3.34. The summed E-state index contributed by atoms with van der Waals surface area (Å²) in [6.07, 6.45) is 1.05. The molecule has 0 unspecified atom stereocenters. The predicted molar refractivity (Wildman–Crippen MR) is 64.7 cm³/mol. The molecule has 1 aliphatic rings. The van der Waals surface area contributed by atoms with Crippen molar-refractivity contribution in [3.8, 4) is 5.75 Å². The topological polar surface area (TPSA) is 45.6 Å². The monoisotopic (exact) mass is 237 g/mol. The Labute approximate surface area is 99.9 Å². The Morgan fingerprint density at radius 3 is 3.06 bits per heavy atom. The molecule has 0 fully saturated rings. The SMILES string of the molecule is COc1cc(F)cc(CNC2=NCCCN2)c1. The summed E-state index contributed by atoms with van der Waals surface area (Å²) in [4.78, 5) is 4.28. The molecule has 92 valence electrons. The van der Waals surface area contributed by atoms with Crippen LogP contribution in [0.25, 0.3) is 0 Å². The van der Waals surface area contributed by atoms with Crippen LogP contribution in [0.1, 0.15) is 12.0 Å². The number of rotatable bonds is 3. The minimum Gasteiger partial charge on any atom is -0.497 e. The molecule has 0 amide bonds. The highest BCUT2D eigenvalue weighted by Gasteiger charge is 2.05. The van der Waals surface area contributed by atoms with E-state index in [2.05, 4.69) is 15.6 Å². The van der Waals surface area contributed by atoms with Crippen molar-refractivity contribution in [2.45, 2.75) is 13.0 Å². The Morgan fingerprint density at radius 1 is 1.47 bits per heavy atom. The minimum atomic E-state index is -0.292. The van der Waals surface area contributed by atoms with Gasteiger partial charge in [-0.05, 0) is 24.1 Å². The zero-order valence-corrected chi connectivity index (χ0v) is 9.79. The summed E-state index contributed by atoms with van der Waals surface area (Å²) in [7, 11) is 1.53. The molecule has 0 spiro atoms. The summed E-state index contributed by atoms with van der Waals surface area (Å²) in [5.41, 5.74) is 0.830. The molecule has 4 nitrogen and oxygen atoms in total. The smallest absolute Gasteiger partial charge is 0.191 e. The van der Waals surface area contributed by atoms with E-state index in [1.807, 2.05) is 0 Å². The summed E-state index contributed by atoms with van der Waals surface area (Å²) in [5, 5.41) is 6.28. The first-order valence-electron chi connectivity index (χ1n) is 5.63. The number of ether oxygens (including phenoxy) is 1. The van der Waals surface area contributed by atoms with Gasteiger partial charge in [0.2, 0.25) is 0 Å². The molecular formula is C12H16FN3O. The second kappa shape index (κ2) is 5.52. The molecule has 0 bridgehead atoms. The molecule has 0 saturated carbocycles. The number of halogens is 1. The van der Waals surface area contributed by atoms with E-state index in [1.54, 1.807) is 6.07 Å². The van der Waals surface area contributed by atoms with Gasteiger partial charge in [0, 0.05) is 25.7 Å². The van der Waals surface area contributed by atoms with Crippen LogP contribution in [0.5, 0.6) is 5.75 Å².